The maximum atomic E-state index is 6.70. The van der Waals surface area contributed by atoms with Gasteiger partial charge >= 0.3 is 0 Å². The van der Waals surface area contributed by atoms with Crippen molar-refractivity contribution in [2.75, 3.05) is 0 Å². The second kappa shape index (κ2) is 25.0. The molecule has 0 aliphatic carbocycles. The third-order valence-corrected chi connectivity index (χ3v) is 23.4. The molecule has 0 aliphatic rings. The summed E-state index contributed by atoms with van der Waals surface area (Å²) < 4.78 is 14.5. The largest absolute Gasteiger partial charge is 0.309 e. The molecule has 0 saturated heterocycles. The lowest BCUT2D eigenvalue weighted by Crippen LogP contribution is -2.17. The van der Waals surface area contributed by atoms with Crippen molar-refractivity contribution in [3.05, 3.63) is 388 Å². The number of para-hydroxylation sites is 10. The van der Waals surface area contributed by atoms with E-state index in [1.807, 2.05) is 12.1 Å². The fourth-order valence-electron chi connectivity index (χ4n) is 18.5. The average Bonchev–Trinajstić information content (AvgIpc) is 1.46. The molecule has 0 amide bonds. The molecule has 114 heavy (non-hydrogen) atoms. The van der Waals surface area contributed by atoms with Gasteiger partial charge in [-0.15, -0.1) is 0 Å². The van der Waals surface area contributed by atoms with Crippen LogP contribution in [0.25, 0.3) is 222 Å². The van der Waals surface area contributed by atoms with Crippen molar-refractivity contribution in [1.82, 2.24) is 47.3 Å². The third-order valence-electron chi connectivity index (χ3n) is 23.4. The first-order chi connectivity index (χ1) is 56.6. The lowest BCUT2D eigenvalue weighted by atomic mass is 10.0. The second-order valence-electron chi connectivity index (χ2n) is 29.6. The Morgan fingerprint density at radius 3 is 0.667 bits per heavy atom. The molecule has 0 saturated carbocycles. The summed E-state index contributed by atoms with van der Waals surface area (Å²) in [5, 5.41) is 13.4. The van der Waals surface area contributed by atoms with Gasteiger partial charge in [0.2, 0.25) is 0 Å². The summed E-state index contributed by atoms with van der Waals surface area (Å²) in [5.74, 6) is 2.85. The van der Waals surface area contributed by atoms with E-state index in [-0.39, 0.29) is 0 Å². The Morgan fingerprint density at radius 2 is 0.368 bits per heavy atom. The molecular formula is C104H64N10. The number of fused-ring (bicyclic) bond motifs is 18. The molecular weight excluding hydrogens is 1390 g/mol. The van der Waals surface area contributed by atoms with Crippen LogP contribution in [0.15, 0.2) is 388 Å². The van der Waals surface area contributed by atoms with E-state index < -0.39 is 0 Å². The Bertz CT molecular complexity index is 7520. The minimum absolute atomic E-state index is 0.459. The van der Waals surface area contributed by atoms with Gasteiger partial charge in [-0.1, -0.05) is 267 Å². The van der Waals surface area contributed by atoms with E-state index in [1.54, 1.807) is 0 Å². The van der Waals surface area contributed by atoms with E-state index in [9.17, 15) is 0 Å². The number of pyridine rings is 1. The molecule has 10 nitrogen and oxygen atoms in total. The van der Waals surface area contributed by atoms with Crippen LogP contribution < -0.4 is 0 Å². The number of hydrogen-bond donors (Lipinski definition) is 0. The molecule has 16 aromatic carbocycles. The highest BCUT2D eigenvalue weighted by Gasteiger charge is 2.35. The van der Waals surface area contributed by atoms with Crippen molar-refractivity contribution >= 4 is 131 Å². The zero-order valence-corrected chi connectivity index (χ0v) is 61.4. The van der Waals surface area contributed by atoms with E-state index >= 15 is 0 Å². The predicted octanol–water partition coefficient (Wildman–Crippen LogP) is 26.2. The van der Waals surface area contributed by atoms with Crippen molar-refractivity contribution < 1.29 is 0 Å². The van der Waals surface area contributed by atoms with Gasteiger partial charge in [0.25, 0.3) is 0 Å². The molecule has 8 aromatic heterocycles. The Kier molecular flexibility index (Phi) is 13.9. The highest BCUT2D eigenvalue weighted by Crippen LogP contribution is 2.50. The molecule has 0 atom stereocenters. The lowest BCUT2D eigenvalue weighted by molar-refractivity contribution is 0.952. The van der Waals surface area contributed by atoms with Crippen LogP contribution in [0.5, 0.6) is 0 Å². The molecule has 0 bridgehead atoms. The Balaban J connectivity index is 0.865. The molecule has 0 spiro atoms. The fourth-order valence-corrected chi connectivity index (χ4v) is 18.5. The van der Waals surface area contributed by atoms with E-state index in [2.05, 4.69) is 404 Å². The average molecular weight is 1450 g/mol. The van der Waals surface area contributed by atoms with Gasteiger partial charge in [-0.2, -0.15) is 0 Å². The molecule has 0 unspecified atom stereocenters. The molecule has 24 aromatic rings. The quantitative estimate of drug-likeness (QED) is 0.129. The standard InChI is InChI=1S/C104H64N10/c1-5-29-65(30-6-1)100-105-101(66-31-7-2-8-32-66)107-102(106-100)97-98(111-87-47-23-13-37-73(87)74-38-14-24-48-88(74)111)103(113-91-51-27-19-43-79(91)83-63-69(55-59-95(83)113)67-53-57-93-81(61-67)77-41-17-21-45-85(77)109(93)71-33-9-3-10-34-71)108-104(99(97)112-89-49-25-15-39-75(89)76-40-16-26-50-90(76)112)114-92-52-28-20-44-80(92)84-64-70(56-60-96(84)114)68-54-58-94-82(62-68)78-42-18-22-46-86(78)110(94)72-35-11-4-12-36-72/h1-64H. The highest BCUT2D eigenvalue weighted by atomic mass is 15.2. The van der Waals surface area contributed by atoms with Gasteiger partial charge in [-0.25, -0.2) is 19.9 Å². The number of hydrogen-bond acceptors (Lipinski definition) is 4. The maximum absolute atomic E-state index is 6.70. The van der Waals surface area contributed by atoms with Crippen molar-refractivity contribution in [3.63, 3.8) is 0 Å². The van der Waals surface area contributed by atoms with Gasteiger partial charge in [-0.3, -0.25) is 9.13 Å². The zero-order chi connectivity index (χ0) is 74.6. The van der Waals surface area contributed by atoms with Gasteiger partial charge in [0.1, 0.15) is 11.4 Å². The molecule has 24 rings (SSSR count). The van der Waals surface area contributed by atoms with E-state index in [1.165, 1.54) is 21.5 Å². The normalized spacial score (nSPS) is 12.0. The Morgan fingerprint density at radius 1 is 0.149 bits per heavy atom. The minimum atomic E-state index is 0.459. The second-order valence-corrected chi connectivity index (χ2v) is 29.6. The molecule has 8 heterocycles. The number of nitrogens with zero attached hydrogens (tertiary/aromatic N) is 10. The Hall–Kier alpha value is -15.5. The summed E-state index contributed by atoms with van der Waals surface area (Å²) in [4.78, 5) is 24.1. The number of rotatable bonds is 11. The van der Waals surface area contributed by atoms with Crippen LogP contribution in [0.4, 0.5) is 0 Å². The van der Waals surface area contributed by atoms with Crippen LogP contribution in [0.2, 0.25) is 0 Å². The molecule has 0 radical (unpaired) electrons. The van der Waals surface area contributed by atoms with E-state index in [0.29, 0.717) is 29.1 Å². The van der Waals surface area contributed by atoms with Crippen LogP contribution >= 0.6 is 0 Å². The minimum Gasteiger partial charge on any atom is -0.309 e. The lowest BCUT2D eigenvalue weighted by Gasteiger charge is -2.26. The summed E-state index contributed by atoms with van der Waals surface area (Å²) >= 11 is 0. The van der Waals surface area contributed by atoms with Gasteiger partial charge in [0.05, 0.1) is 71.8 Å². The molecule has 0 aliphatic heterocycles. The van der Waals surface area contributed by atoms with Gasteiger partial charge < -0.3 is 18.3 Å². The Labute approximate surface area is 653 Å². The van der Waals surface area contributed by atoms with Crippen LogP contribution in [-0.4, -0.2) is 47.3 Å². The van der Waals surface area contributed by atoms with Crippen molar-refractivity contribution in [3.8, 4) is 90.8 Å². The summed E-state index contributed by atoms with van der Waals surface area (Å²) in [7, 11) is 0. The van der Waals surface area contributed by atoms with Gasteiger partial charge in [0, 0.05) is 87.1 Å². The van der Waals surface area contributed by atoms with Crippen LogP contribution in [-0.2, 0) is 0 Å². The van der Waals surface area contributed by atoms with Crippen molar-refractivity contribution in [2.24, 2.45) is 0 Å². The van der Waals surface area contributed by atoms with Crippen molar-refractivity contribution in [2.45, 2.75) is 0 Å². The topological polar surface area (TPSA) is 81.1 Å². The first kappa shape index (κ1) is 63.4. The SMILES string of the molecule is c1ccc(-c2nc(-c3ccccc3)nc(-c3c(-n4c5ccccc5c5ccccc54)c(-n4c5ccccc5c5cc(-c6ccc7c(c6)c6ccccc6n7-c6ccccc6)ccc54)nc(-n4c5ccccc5c5cc(-c6ccc7c(c6)c6ccccc6n7-c6ccccc6)ccc54)c3-n3c4ccccc4c4ccccc43)n2)cc1. The van der Waals surface area contributed by atoms with E-state index in [0.717, 1.165) is 171 Å². The van der Waals surface area contributed by atoms with E-state index in [4.69, 9.17) is 19.9 Å². The summed E-state index contributed by atoms with van der Waals surface area (Å²) in [6.07, 6.45) is 0. The van der Waals surface area contributed by atoms with Crippen LogP contribution in [0, 0.1) is 0 Å². The highest BCUT2D eigenvalue weighted by molar-refractivity contribution is 6.18. The predicted molar refractivity (Wildman–Crippen MR) is 471 cm³/mol. The number of aromatic nitrogens is 10. The van der Waals surface area contributed by atoms with Crippen molar-refractivity contribution in [1.29, 1.82) is 0 Å². The first-order valence-corrected chi connectivity index (χ1v) is 38.8. The van der Waals surface area contributed by atoms with Gasteiger partial charge in [-0.05, 0) is 144 Å². The molecule has 0 fully saturated rings. The first-order valence-electron chi connectivity index (χ1n) is 38.8. The maximum Gasteiger partial charge on any atom is 0.168 e. The number of benzene rings is 16. The smallest absolute Gasteiger partial charge is 0.168 e. The van der Waals surface area contributed by atoms with Crippen LogP contribution in [0.3, 0.4) is 0 Å². The third kappa shape index (κ3) is 9.49. The summed E-state index contributed by atoms with van der Waals surface area (Å²) in [6, 6.07) is 141. The summed E-state index contributed by atoms with van der Waals surface area (Å²) in [5.41, 5.74) is 23.1. The molecule has 0 N–H and O–H groups in total. The van der Waals surface area contributed by atoms with Crippen LogP contribution in [0.1, 0.15) is 0 Å². The molecule has 10 heteroatoms. The summed E-state index contributed by atoms with van der Waals surface area (Å²) in [6.45, 7) is 0. The molecule has 530 valence electrons. The monoisotopic (exact) mass is 1450 g/mol. The van der Waals surface area contributed by atoms with Gasteiger partial charge in [0.15, 0.2) is 29.1 Å². The fraction of sp³-hybridized carbons (Fsp3) is 0. The zero-order valence-electron chi connectivity index (χ0n) is 61.4.